The minimum atomic E-state index is -3.40. The van der Waals surface area contributed by atoms with Crippen LogP contribution in [-0.2, 0) is 17.1 Å². The van der Waals surface area contributed by atoms with Gasteiger partial charge in [-0.1, -0.05) is 6.07 Å². The Balaban J connectivity index is 1.73. The summed E-state index contributed by atoms with van der Waals surface area (Å²) in [6.45, 7) is 1.12. The van der Waals surface area contributed by atoms with Gasteiger partial charge in [-0.15, -0.1) is 11.8 Å². The lowest BCUT2D eigenvalue weighted by Gasteiger charge is -2.30. The van der Waals surface area contributed by atoms with Gasteiger partial charge < -0.3 is 0 Å². The summed E-state index contributed by atoms with van der Waals surface area (Å²) in [5.74, 6) is 0.396. The zero-order valence-corrected chi connectivity index (χ0v) is 15.0. The lowest BCUT2D eigenvalue weighted by Crippen LogP contribution is -2.37. The van der Waals surface area contributed by atoms with Gasteiger partial charge in [0, 0.05) is 31.2 Å². The van der Waals surface area contributed by atoms with Crippen LogP contribution in [0.3, 0.4) is 0 Å². The molecule has 1 fully saturated rings. The van der Waals surface area contributed by atoms with Crippen LogP contribution < -0.4 is 0 Å². The Labute approximate surface area is 141 Å². The Morgan fingerprint density at radius 1 is 1.26 bits per heavy atom. The molecule has 0 amide bonds. The fraction of sp³-hybridized carbons (Fsp3) is 0.438. The maximum absolute atomic E-state index is 12.8. The highest BCUT2D eigenvalue weighted by Crippen LogP contribution is 2.31. The van der Waals surface area contributed by atoms with Crippen molar-refractivity contribution in [1.82, 2.24) is 14.1 Å². The number of thioether (sulfide) groups is 1. The number of nitrogens with zero attached hydrogens (tertiary/aromatic N) is 3. The first-order valence-electron chi connectivity index (χ1n) is 7.63. The molecule has 124 valence electrons. The number of aryl methyl sites for hydroxylation is 1. The molecule has 5 nitrogen and oxygen atoms in total. The molecule has 7 heteroatoms. The number of benzene rings is 1. The van der Waals surface area contributed by atoms with Crippen molar-refractivity contribution < 1.29 is 8.42 Å². The Bertz CT molecular complexity index is 778. The zero-order chi connectivity index (χ0) is 16.4. The fourth-order valence-electron chi connectivity index (χ4n) is 2.99. The van der Waals surface area contributed by atoms with Gasteiger partial charge in [-0.05, 0) is 48.8 Å². The van der Waals surface area contributed by atoms with Gasteiger partial charge in [-0.3, -0.25) is 4.68 Å². The van der Waals surface area contributed by atoms with Crippen molar-refractivity contribution in [3.05, 3.63) is 42.2 Å². The van der Waals surface area contributed by atoms with Crippen molar-refractivity contribution >= 4 is 21.8 Å². The number of rotatable bonds is 4. The molecule has 0 unspecified atom stereocenters. The van der Waals surface area contributed by atoms with Crippen LogP contribution in [0.25, 0.3) is 0 Å². The number of hydrogen-bond acceptors (Lipinski definition) is 4. The molecule has 2 aromatic rings. The summed E-state index contributed by atoms with van der Waals surface area (Å²) in [5.41, 5.74) is 1.20. The van der Waals surface area contributed by atoms with E-state index < -0.39 is 10.0 Å². The molecular weight excluding hydrogens is 330 g/mol. The Hall–Kier alpha value is -1.31. The minimum Gasteiger partial charge on any atom is -0.276 e. The molecule has 23 heavy (non-hydrogen) atoms. The third-order valence-electron chi connectivity index (χ3n) is 4.33. The molecular formula is C16H21N3O2S2. The van der Waals surface area contributed by atoms with Crippen LogP contribution in [0, 0.1) is 0 Å². The van der Waals surface area contributed by atoms with E-state index in [4.69, 9.17) is 0 Å². The second kappa shape index (κ2) is 6.67. The van der Waals surface area contributed by atoms with Gasteiger partial charge in [-0.25, -0.2) is 8.42 Å². The van der Waals surface area contributed by atoms with Crippen molar-refractivity contribution in [3.63, 3.8) is 0 Å². The molecule has 1 aromatic heterocycles. The van der Waals surface area contributed by atoms with Crippen molar-refractivity contribution in [3.8, 4) is 0 Å². The largest absolute Gasteiger partial charge is 0.276 e. The molecule has 1 aliphatic rings. The van der Waals surface area contributed by atoms with Gasteiger partial charge in [0.15, 0.2) is 0 Å². The third kappa shape index (κ3) is 3.46. The molecule has 2 heterocycles. The average molecular weight is 351 g/mol. The van der Waals surface area contributed by atoms with Crippen LogP contribution in [0.4, 0.5) is 0 Å². The standard InChI is InChI=1S/C16H21N3O2S2/c1-18-12-14(11-17-18)13-6-8-19(9-7-13)23(20,21)16-5-3-4-15(10-16)22-2/h3-5,10-13H,6-9H2,1-2H3. The van der Waals surface area contributed by atoms with Crippen molar-refractivity contribution in [2.24, 2.45) is 7.05 Å². The van der Waals surface area contributed by atoms with E-state index in [1.807, 2.05) is 31.8 Å². The van der Waals surface area contributed by atoms with Crippen LogP contribution in [0.1, 0.15) is 24.3 Å². The zero-order valence-electron chi connectivity index (χ0n) is 13.3. The smallest absolute Gasteiger partial charge is 0.243 e. The highest BCUT2D eigenvalue weighted by Gasteiger charge is 2.30. The highest BCUT2D eigenvalue weighted by atomic mass is 32.2. The molecule has 1 aliphatic heterocycles. The van der Waals surface area contributed by atoms with E-state index >= 15 is 0 Å². The predicted octanol–water partition coefficient (Wildman–Crippen LogP) is 2.71. The summed E-state index contributed by atoms with van der Waals surface area (Å²) in [4.78, 5) is 1.36. The molecule has 3 rings (SSSR count). The lowest BCUT2D eigenvalue weighted by atomic mass is 9.93. The molecule has 1 saturated heterocycles. The van der Waals surface area contributed by atoms with E-state index in [2.05, 4.69) is 5.10 Å². The van der Waals surface area contributed by atoms with Crippen molar-refractivity contribution in [2.45, 2.75) is 28.6 Å². The van der Waals surface area contributed by atoms with Crippen LogP contribution in [-0.4, -0.2) is 41.8 Å². The average Bonchev–Trinajstić information content (AvgIpc) is 3.01. The summed E-state index contributed by atoms with van der Waals surface area (Å²) in [6.07, 6.45) is 7.54. The number of hydrogen-bond donors (Lipinski definition) is 0. The maximum Gasteiger partial charge on any atom is 0.243 e. The second-order valence-corrected chi connectivity index (χ2v) is 8.62. The molecule has 0 atom stereocenters. The summed E-state index contributed by atoms with van der Waals surface area (Å²) >= 11 is 1.55. The highest BCUT2D eigenvalue weighted by molar-refractivity contribution is 7.98. The summed E-state index contributed by atoms with van der Waals surface area (Å²) in [7, 11) is -1.49. The van der Waals surface area contributed by atoms with Gasteiger partial charge in [0.25, 0.3) is 0 Å². The summed E-state index contributed by atoms with van der Waals surface area (Å²) < 4.78 is 29.0. The van der Waals surface area contributed by atoms with Gasteiger partial charge >= 0.3 is 0 Å². The quantitative estimate of drug-likeness (QED) is 0.795. The van der Waals surface area contributed by atoms with Gasteiger partial charge in [0.05, 0.1) is 11.1 Å². The first kappa shape index (κ1) is 16.5. The topological polar surface area (TPSA) is 55.2 Å². The predicted molar refractivity (Wildman–Crippen MR) is 92.2 cm³/mol. The maximum atomic E-state index is 12.8. The fourth-order valence-corrected chi connectivity index (χ4v) is 5.04. The monoisotopic (exact) mass is 351 g/mol. The molecule has 1 aromatic carbocycles. The van der Waals surface area contributed by atoms with Crippen molar-refractivity contribution in [1.29, 1.82) is 0 Å². The van der Waals surface area contributed by atoms with E-state index in [1.165, 1.54) is 5.56 Å². The molecule has 0 spiro atoms. The number of piperidine rings is 1. The van der Waals surface area contributed by atoms with E-state index in [-0.39, 0.29) is 0 Å². The first-order chi connectivity index (χ1) is 11.0. The molecule has 0 N–H and O–H groups in total. The molecule has 0 aliphatic carbocycles. The van der Waals surface area contributed by atoms with Crippen LogP contribution in [0.15, 0.2) is 46.5 Å². The molecule has 0 bridgehead atoms. The molecule has 0 saturated carbocycles. The van der Waals surface area contributed by atoms with Gasteiger partial charge in [0.1, 0.15) is 0 Å². The minimum absolute atomic E-state index is 0.393. The Morgan fingerprint density at radius 2 is 2.00 bits per heavy atom. The Kier molecular flexibility index (Phi) is 4.79. The van der Waals surface area contributed by atoms with Gasteiger partial charge in [-0.2, -0.15) is 9.40 Å². The van der Waals surface area contributed by atoms with Crippen molar-refractivity contribution in [2.75, 3.05) is 19.3 Å². The van der Waals surface area contributed by atoms with E-state index in [0.29, 0.717) is 23.9 Å². The lowest BCUT2D eigenvalue weighted by molar-refractivity contribution is 0.319. The normalized spacial score (nSPS) is 17.5. The van der Waals surface area contributed by atoms with E-state index in [0.717, 1.165) is 17.7 Å². The third-order valence-corrected chi connectivity index (χ3v) is 6.95. The van der Waals surface area contributed by atoms with E-state index in [1.54, 1.807) is 38.9 Å². The van der Waals surface area contributed by atoms with Gasteiger partial charge in [0.2, 0.25) is 10.0 Å². The van der Waals surface area contributed by atoms with Crippen LogP contribution in [0.5, 0.6) is 0 Å². The number of aromatic nitrogens is 2. The summed E-state index contributed by atoms with van der Waals surface area (Å²) in [6, 6.07) is 7.18. The summed E-state index contributed by atoms with van der Waals surface area (Å²) in [5, 5.41) is 4.21. The number of sulfonamides is 1. The van der Waals surface area contributed by atoms with E-state index in [9.17, 15) is 8.42 Å². The first-order valence-corrected chi connectivity index (χ1v) is 10.3. The SMILES string of the molecule is CSc1cccc(S(=O)(=O)N2CCC(c3cnn(C)c3)CC2)c1. The van der Waals surface area contributed by atoms with Crippen LogP contribution >= 0.6 is 11.8 Å². The second-order valence-electron chi connectivity index (χ2n) is 5.80. The van der Waals surface area contributed by atoms with Crippen LogP contribution in [0.2, 0.25) is 0 Å². The molecule has 0 radical (unpaired) electrons. The Morgan fingerprint density at radius 3 is 2.61 bits per heavy atom.